The van der Waals surface area contributed by atoms with Crippen LogP contribution in [0.5, 0.6) is 0 Å². The van der Waals surface area contributed by atoms with Gasteiger partial charge in [0.1, 0.15) is 5.82 Å². The predicted molar refractivity (Wildman–Crippen MR) is 52.6 cm³/mol. The molecule has 3 heteroatoms. The van der Waals surface area contributed by atoms with Crippen LogP contribution in [0.25, 0.3) is 0 Å². The summed E-state index contributed by atoms with van der Waals surface area (Å²) < 4.78 is 2.37. The van der Waals surface area contributed by atoms with Crippen molar-refractivity contribution in [2.45, 2.75) is 38.6 Å². The van der Waals surface area contributed by atoms with E-state index in [0.717, 1.165) is 19.4 Å². The highest BCUT2D eigenvalue weighted by Crippen LogP contribution is 2.27. The van der Waals surface area contributed by atoms with Crippen molar-refractivity contribution >= 4 is 0 Å². The summed E-state index contributed by atoms with van der Waals surface area (Å²) in [5.41, 5.74) is 6.89. The Morgan fingerprint density at radius 3 is 3.31 bits per heavy atom. The molecule has 72 valence electrons. The normalized spacial score (nSPS) is 21.5. The minimum atomic E-state index is 0.608. The Morgan fingerprint density at radius 1 is 1.69 bits per heavy atom. The maximum atomic E-state index is 5.60. The van der Waals surface area contributed by atoms with Crippen LogP contribution >= 0.6 is 0 Å². The van der Waals surface area contributed by atoms with E-state index < -0.39 is 0 Å². The monoisotopic (exact) mass is 179 g/mol. The van der Waals surface area contributed by atoms with Gasteiger partial charge in [0.05, 0.1) is 0 Å². The van der Waals surface area contributed by atoms with E-state index in [2.05, 4.69) is 16.5 Å². The van der Waals surface area contributed by atoms with Gasteiger partial charge in [-0.15, -0.1) is 0 Å². The van der Waals surface area contributed by atoms with E-state index in [1.54, 1.807) is 0 Å². The first-order valence-electron chi connectivity index (χ1n) is 5.05. The second kappa shape index (κ2) is 3.50. The van der Waals surface area contributed by atoms with Crippen LogP contribution in [-0.2, 0) is 6.42 Å². The smallest absolute Gasteiger partial charge is 0.109 e. The zero-order chi connectivity index (χ0) is 9.26. The first-order chi connectivity index (χ1) is 6.33. The molecule has 1 atom stereocenters. The molecular weight excluding hydrogens is 162 g/mol. The Labute approximate surface area is 79.0 Å². The Kier molecular flexibility index (Phi) is 2.36. The molecule has 0 radical (unpaired) electrons. The molecule has 2 rings (SSSR count). The maximum Gasteiger partial charge on any atom is 0.109 e. The average molecular weight is 179 g/mol. The molecule has 2 heterocycles. The van der Waals surface area contributed by atoms with Crippen molar-refractivity contribution in [3.05, 3.63) is 17.7 Å². The summed E-state index contributed by atoms with van der Waals surface area (Å²) in [5, 5.41) is 0. The van der Waals surface area contributed by atoms with Crippen molar-refractivity contribution in [1.82, 2.24) is 9.55 Å². The summed E-state index contributed by atoms with van der Waals surface area (Å²) >= 11 is 0. The number of rotatable bonds is 2. The van der Waals surface area contributed by atoms with Crippen LogP contribution in [0.3, 0.4) is 0 Å². The molecule has 3 nitrogen and oxygen atoms in total. The highest BCUT2D eigenvalue weighted by molar-refractivity contribution is 5.08. The number of aryl methyl sites for hydroxylation is 2. The number of hydrogen-bond donors (Lipinski definition) is 1. The summed E-state index contributed by atoms with van der Waals surface area (Å²) in [6, 6.07) is 0.608. The van der Waals surface area contributed by atoms with Gasteiger partial charge in [-0.2, -0.15) is 0 Å². The van der Waals surface area contributed by atoms with Gasteiger partial charge in [0.25, 0.3) is 0 Å². The third kappa shape index (κ3) is 1.48. The number of aromatic nitrogens is 2. The van der Waals surface area contributed by atoms with Crippen LogP contribution in [-0.4, -0.2) is 16.1 Å². The van der Waals surface area contributed by atoms with Crippen LogP contribution in [0.2, 0.25) is 0 Å². The van der Waals surface area contributed by atoms with Gasteiger partial charge in [-0.05, 0) is 32.7 Å². The summed E-state index contributed by atoms with van der Waals surface area (Å²) in [7, 11) is 0. The van der Waals surface area contributed by atoms with Gasteiger partial charge in [0, 0.05) is 24.4 Å². The third-order valence-electron chi connectivity index (χ3n) is 2.86. The zero-order valence-corrected chi connectivity index (χ0v) is 8.16. The summed E-state index contributed by atoms with van der Waals surface area (Å²) in [6.07, 6.45) is 6.73. The van der Waals surface area contributed by atoms with Crippen LogP contribution in [0.1, 0.15) is 36.8 Å². The van der Waals surface area contributed by atoms with E-state index in [0.29, 0.717) is 6.04 Å². The fraction of sp³-hybridized carbons (Fsp3) is 0.700. The summed E-state index contributed by atoms with van der Waals surface area (Å²) in [5.74, 6) is 1.25. The largest absolute Gasteiger partial charge is 0.330 e. The molecule has 0 aromatic carbocycles. The van der Waals surface area contributed by atoms with E-state index in [1.165, 1.54) is 24.4 Å². The first kappa shape index (κ1) is 8.75. The SMILES string of the molecule is Cc1cnc2n1C(CCN)CCC2. The molecule has 0 aliphatic carbocycles. The Bertz CT molecular complexity index is 290. The van der Waals surface area contributed by atoms with Crippen molar-refractivity contribution in [2.75, 3.05) is 6.54 Å². The zero-order valence-electron chi connectivity index (χ0n) is 8.16. The van der Waals surface area contributed by atoms with Crippen LogP contribution < -0.4 is 5.73 Å². The molecule has 0 saturated heterocycles. The molecule has 1 aromatic rings. The van der Waals surface area contributed by atoms with E-state index in [4.69, 9.17) is 5.73 Å². The topological polar surface area (TPSA) is 43.8 Å². The summed E-state index contributed by atoms with van der Waals surface area (Å²) in [4.78, 5) is 4.41. The standard InChI is InChI=1S/C10H17N3/c1-8-7-12-10-4-2-3-9(5-6-11)13(8)10/h7,9H,2-6,11H2,1H3. The quantitative estimate of drug-likeness (QED) is 0.746. The molecule has 1 aromatic heterocycles. The van der Waals surface area contributed by atoms with E-state index in [1.807, 2.05) is 6.20 Å². The van der Waals surface area contributed by atoms with Gasteiger partial charge in [-0.25, -0.2) is 4.98 Å². The average Bonchev–Trinajstić information content (AvgIpc) is 2.50. The lowest BCUT2D eigenvalue weighted by molar-refractivity contribution is 0.373. The highest BCUT2D eigenvalue weighted by atomic mass is 15.1. The van der Waals surface area contributed by atoms with Crippen molar-refractivity contribution in [1.29, 1.82) is 0 Å². The van der Waals surface area contributed by atoms with Crippen LogP contribution in [0.15, 0.2) is 6.20 Å². The molecule has 1 unspecified atom stereocenters. The lowest BCUT2D eigenvalue weighted by Gasteiger charge is -2.26. The fourth-order valence-corrected chi connectivity index (χ4v) is 2.27. The highest BCUT2D eigenvalue weighted by Gasteiger charge is 2.20. The molecule has 0 fully saturated rings. The maximum absolute atomic E-state index is 5.60. The van der Waals surface area contributed by atoms with Crippen molar-refractivity contribution < 1.29 is 0 Å². The lowest BCUT2D eigenvalue weighted by Crippen LogP contribution is -2.21. The Morgan fingerprint density at radius 2 is 2.54 bits per heavy atom. The minimum absolute atomic E-state index is 0.608. The number of imidazole rings is 1. The molecule has 0 amide bonds. The number of nitrogens with zero attached hydrogens (tertiary/aromatic N) is 2. The van der Waals surface area contributed by atoms with Gasteiger partial charge >= 0.3 is 0 Å². The lowest BCUT2D eigenvalue weighted by atomic mass is 10.0. The minimum Gasteiger partial charge on any atom is -0.330 e. The fourth-order valence-electron chi connectivity index (χ4n) is 2.27. The van der Waals surface area contributed by atoms with E-state index in [-0.39, 0.29) is 0 Å². The molecule has 0 saturated carbocycles. The second-order valence-electron chi connectivity index (χ2n) is 3.81. The number of fused-ring (bicyclic) bond motifs is 1. The number of nitrogens with two attached hydrogens (primary N) is 1. The number of hydrogen-bond acceptors (Lipinski definition) is 2. The Balaban J connectivity index is 2.29. The van der Waals surface area contributed by atoms with Gasteiger partial charge < -0.3 is 10.3 Å². The van der Waals surface area contributed by atoms with E-state index in [9.17, 15) is 0 Å². The molecule has 0 spiro atoms. The molecular formula is C10H17N3. The van der Waals surface area contributed by atoms with Crippen LogP contribution in [0, 0.1) is 6.92 Å². The summed E-state index contributed by atoms with van der Waals surface area (Å²) in [6.45, 7) is 2.91. The van der Waals surface area contributed by atoms with Gasteiger partial charge in [-0.3, -0.25) is 0 Å². The van der Waals surface area contributed by atoms with Crippen LogP contribution in [0.4, 0.5) is 0 Å². The van der Waals surface area contributed by atoms with Gasteiger partial charge in [0.2, 0.25) is 0 Å². The molecule has 2 N–H and O–H groups in total. The molecule has 13 heavy (non-hydrogen) atoms. The van der Waals surface area contributed by atoms with Crippen molar-refractivity contribution in [3.63, 3.8) is 0 Å². The Hall–Kier alpha value is -0.830. The molecule has 1 aliphatic rings. The van der Waals surface area contributed by atoms with Crippen molar-refractivity contribution in [2.24, 2.45) is 5.73 Å². The predicted octanol–water partition coefficient (Wildman–Crippen LogP) is 1.42. The van der Waals surface area contributed by atoms with Crippen molar-refractivity contribution in [3.8, 4) is 0 Å². The molecule has 0 bridgehead atoms. The van der Waals surface area contributed by atoms with E-state index >= 15 is 0 Å². The first-order valence-corrected chi connectivity index (χ1v) is 5.05. The molecule has 1 aliphatic heterocycles. The third-order valence-corrected chi connectivity index (χ3v) is 2.86. The second-order valence-corrected chi connectivity index (χ2v) is 3.81. The van der Waals surface area contributed by atoms with Gasteiger partial charge in [-0.1, -0.05) is 0 Å². The van der Waals surface area contributed by atoms with Gasteiger partial charge in [0.15, 0.2) is 0 Å².